The van der Waals surface area contributed by atoms with Gasteiger partial charge in [0.05, 0.1) is 11.4 Å². The highest BCUT2D eigenvalue weighted by Crippen LogP contribution is 2.28. The predicted octanol–water partition coefficient (Wildman–Crippen LogP) is 3.06. The summed E-state index contributed by atoms with van der Waals surface area (Å²) in [5, 5.41) is 3.05. The molecule has 1 aliphatic rings. The van der Waals surface area contributed by atoms with Crippen molar-refractivity contribution in [1.82, 2.24) is 19.3 Å². The lowest BCUT2D eigenvalue weighted by Gasteiger charge is -2.27. The number of fused-ring (bicyclic) bond motifs is 4. The number of aromatic amines is 1. The van der Waals surface area contributed by atoms with E-state index in [-0.39, 0.29) is 11.5 Å². The van der Waals surface area contributed by atoms with Crippen LogP contribution in [0.3, 0.4) is 0 Å². The van der Waals surface area contributed by atoms with E-state index in [2.05, 4.69) is 22.1 Å². The molecule has 4 heterocycles. The number of hydrogen-bond donors (Lipinski definition) is 1. The quantitative estimate of drug-likeness (QED) is 0.561. The molecule has 8 heteroatoms. The van der Waals surface area contributed by atoms with E-state index in [4.69, 9.17) is 0 Å². The van der Waals surface area contributed by atoms with Gasteiger partial charge in [-0.2, -0.15) is 0 Å². The highest BCUT2D eigenvalue weighted by Gasteiger charge is 2.23. The second-order valence-electron chi connectivity index (χ2n) is 6.83. The van der Waals surface area contributed by atoms with Gasteiger partial charge in [-0.15, -0.1) is 23.1 Å². The lowest BCUT2D eigenvalue weighted by Crippen LogP contribution is -2.36. The largest absolute Gasteiger partial charge is 0.358 e. The summed E-state index contributed by atoms with van der Waals surface area (Å²) in [6.45, 7) is 1.39. The highest BCUT2D eigenvalue weighted by atomic mass is 32.2. The molecule has 0 fully saturated rings. The highest BCUT2D eigenvalue weighted by molar-refractivity contribution is 7.99. The first-order valence-corrected chi connectivity index (χ1v) is 11.1. The zero-order valence-corrected chi connectivity index (χ0v) is 16.7. The van der Waals surface area contributed by atoms with Crippen molar-refractivity contribution in [2.45, 2.75) is 18.7 Å². The number of thiazole rings is 1. The Labute approximate surface area is 169 Å². The van der Waals surface area contributed by atoms with E-state index in [1.165, 1.54) is 44.1 Å². The SMILES string of the molecule is O=C(CSCc1cc(=O)n2ccsc2n1)N1CCc2[nH]c3ccccc3c2C1. The third-order valence-electron chi connectivity index (χ3n) is 5.07. The van der Waals surface area contributed by atoms with Gasteiger partial charge in [-0.1, -0.05) is 18.2 Å². The fourth-order valence-corrected chi connectivity index (χ4v) is 5.23. The van der Waals surface area contributed by atoms with Gasteiger partial charge in [-0.05, 0) is 6.07 Å². The topological polar surface area (TPSA) is 70.5 Å². The minimum absolute atomic E-state index is 0.0731. The van der Waals surface area contributed by atoms with Crippen LogP contribution >= 0.6 is 23.1 Å². The fourth-order valence-electron chi connectivity index (χ4n) is 3.68. The van der Waals surface area contributed by atoms with Gasteiger partial charge in [0.2, 0.25) is 5.91 Å². The molecule has 142 valence electrons. The molecule has 1 amide bonds. The normalized spacial score (nSPS) is 13.9. The van der Waals surface area contributed by atoms with E-state index in [1.807, 2.05) is 22.4 Å². The molecule has 0 unspecified atom stereocenters. The number of carbonyl (C=O) groups excluding carboxylic acids is 1. The van der Waals surface area contributed by atoms with Gasteiger partial charge in [0.1, 0.15) is 0 Å². The number of hydrogen-bond acceptors (Lipinski definition) is 5. The number of benzene rings is 1. The summed E-state index contributed by atoms with van der Waals surface area (Å²) in [5.74, 6) is 1.08. The molecule has 0 atom stereocenters. The van der Waals surface area contributed by atoms with Gasteiger partial charge in [-0.3, -0.25) is 14.0 Å². The van der Waals surface area contributed by atoms with Crippen LogP contribution in [0.15, 0.2) is 46.7 Å². The Kier molecular flexibility index (Phi) is 4.44. The van der Waals surface area contributed by atoms with Crippen molar-refractivity contribution in [2.75, 3.05) is 12.3 Å². The van der Waals surface area contributed by atoms with Gasteiger partial charge < -0.3 is 9.88 Å². The van der Waals surface area contributed by atoms with Gasteiger partial charge in [0, 0.05) is 65.1 Å². The molecule has 1 aliphatic heterocycles. The molecule has 6 nitrogen and oxygen atoms in total. The van der Waals surface area contributed by atoms with E-state index in [9.17, 15) is 9.59 Å². The summed E-state index contributed by atoms with van der Waals surface area (Å²) in [5.41, 5.74) is 4.27. The van der Waals surface area contributed by atoms with E-state index < -0.39 is 0 Å². The molecule has 0 saturated carbocycles. The van der Waals surface area contributed by atoms with Crippen molar-refractivity contribution in [3.05, 3.63) is 69.2 Å². The maximum absolute atomic E-state index is 12.7. The zero-order valence-electron chi connectivity index (χ0n) is 15.1. The number of thioether (sulfide) groups is 1. The molecule has 5 rings (SSSR count). The van der Waals surface area contributed by atoms with E-state index in [0.717, 1.165) is 24.2 Å². The Balaban J connectivity index is 1.24. The molecule has 0 spiro atoms. The molecule has 28 heavy (non-hydrogen) atoms. The number of rotatable bonds is 4. The van der Waals surface area contributed by atoms with Gasteiger partial charge in [-0.25, -0.2) is 4.98 Å². The first kappa shape index (κ1) is 17.5. The van der Waals surface area contributed by atoms with Crippen LogP contribution in [0.4, 0.5) is 0 Å². The summed E-state index contributed by atoms with van der Waals surface area (Å²) in [4.78, 5) is 35.3. The summed E-state index contributed by atoms with van der Waals surface area (Å²) in [7, 11) is 0. The standard InChI is InChI=1S/C20H18N4O2S2/c25-18-9-13(21-20-24(18)7-8-28-20)11-27-12-19(26)23-6-5-17-15(10-23)14-3-1-2-4-16(14)22-17/h1-4,7-9,22H,5-6,10-12H2. The van der Waals surface area contributed by atoms with Gasteiger partial charge >= 0.3 is 0 Å². The number of para-hydroxylation sites is 1. The Morgan fingerprint density at radius 3 is 3.14 bits per heavy atom. The first-order valence-electron chi connectivity index (χ1n) is 9.09. The summed E-state index contributed by atoms with van der Waals surface area (Å²) < 4.78 is 1.54. The maximum Gasteiger partial charge on any atom is 0.258 e. The van der Waals surface area contributed by atoms with Crippen LogP contribution in [-0.4, -0.2) is 37.5 Å². The second-order valence-corrected chi connectivity index (χ2v) is 8.69. The molecule has 3 aromatic heterocycles. The Morgan fingerprint density at radius 2 is 2.21 bits per heavy atom. The average Bonchev–Trinajstić information content (AvgIpc) is 3.32. The lowest BCUT2D eigenvalue weighted by molar-refractivity contribution is -0.129. The van der Waals surface area contributed by atoms with Crippen LogP contribution in [-0.2, 0) is 23.5 Å². The summed E-state index contributed by atoms with van der Waals surface area (Å²) in [6.07, 6.45) is 2.58. The van der Waals surface area contributed by atoms with Crippen LogP contribution in [0.2, 0.25) is 0 Å². The van der Waals surface area contributed by atoms with Crippen molar-refractivity contribution < 1.29 is 4.79 Å². The molecule has 0 radical (unpaired) electrons. The minimum atomic E-state index is -0.0731. The minimum Gasteiger partial charge on any atom is -0.358 e. The average molecular weight is 411 g/mol. The van der Waals surface area contributed by atoms with Crippen LogP contribution in [0.25, 0.3) is 15.9 Å². The van der Waals surface area contributed by atoms with Gasteiger partial charge in [0.25, 0.3) is 5.56 Å². The van der Waals surface area contributed by atoms with Crippen molar-refractivity contribution in [3.8, 4) is 0 Å². The molecule has 0 aliphatic carbocycles. The summed E-state index contributed by atoms with van der Waals surface area (Å²) in [6, 6.07) is 9.80. The molecular weight excluding hydrogens is 392 g/mol. The maximum atomic E-state index is 12.7. The Bertz CT molecular complexity index is 1240. The molecule has 4 aromatic rings. The van der Waals surface area contributed by atoms with E-state index >= 15 is 0 Å². The molecule has 1 aromatic carbocycles. The van der Waals surface area contributed by atoms with E-state index in [1.54, 1.807) is 12.3 Å². The Morgan fingerprint density at radius 1 is 1.32 bits per heavy atom. The predicted molar refractivity (Wildman–Crippen MR) is 113 cm³/mol. The first-order chi connectivity index (χ1) is 13.7. The number of carbonyl (C=O) groups is 1. The second kappa shape index (κ2) is 7.10. The zero-order chi connectivity index (χ0) is 19.1. The van der Waals surface area contributed by atoms with Crippen LogP contribution in [0.5, 0.6) is 0 Å². The van der Waals surface area contributed by atoms with Crippen molar-refractivity contribution in [3.63, 3.8) is 0 Å². The third-order valence-corrected chi connectivity index (χ3v) is 6.77. The monoisotopic (exact) mass is 410 g/mol. The summed E-state index contributed by atoms with van der Waals surface area (Å²) >= 11 is 2.95. The number of nitrogens with zero attached hydrogens (tertiary/aromatic N) is 3. The molecule has 0 saturated heterocycles. The van der Waals surface area contributed by atoms with Crippen LogP contribution in [0, 0.1) is 0 Å². The van der Waals surface area contributed by atoms with Crippen molar-refractivity contribution >= 4 is 44.9 Å². The number of amides is 1. The lowest BCUT2D eigenvalue weighted by atomic mass is 10.0. The fraction of sp³-hybridized carbons (Fsp3) is 0.250. The van der Waals surface area contributed by atoms with Crippen molar-refractivity contribution in [1.29, 1.82) is 0 Å². The molecular formula is C20H18N4O2S2. The number of H-pyrrole nitrogens is 1. The van der Waals surface area contributed by atoms with Crippen molar-refractivity contribution in [2.24, 2.45) is 0 Å². The van der Waals surface area contributed by atoms with Crippen LogP contribution < -0.4 is 5.56 Å². The smallest absolute Gasteiger partial charge is 0.258 e. The Hall–Kier alpha value is -2.58. The molecule has 1 N–H and O–H groups in total. The van der Waals surface area contributed by atoms with Gasteiger partial charge in [0.15, 0.2) is 4.96 Å². The van der Waals surface area contributed by atoms with E-state index in [0.29, 0.717) is 23.0 Å². The van der Waals surface area contributed by atoms with Crippen LogP contribution in [0.1, 0.15) is 17.0 Å². The molecule has 0 bridgehead atoms. The third kappa shape index (κ3) is 3.12. The number of aromatic nitrogens is 3. The number of nitrogens with one attached hydrogen (secondary N) is 1.